The van der Waals surface area contributed by atoms with Crippen LogP contribution in [0.3, 0.4) is 0 Å². The fourth-order valence-corrected chi connectivity index (χ4v) is 3.02. The van der Waals surface area contributed by atoms with Gasteiger partial charge in [-0.2, -0.15) is 0 Å². The second-order valence-corrected chi connectivity index (χ2v) is 5.29. The Labute approximate surface area is 106 Å². The fraction of sp³-hybridized carbons (Fsp3) is 0.462. The van der Waals surface area contributed by atoms with Crippen LogP contribution in [0.4, 0.5) is 0 Å². The second kappa shape index (κ2) is 4.00. The average molecular weight is 250 g/mol. The molecule has 17 heavy (non-hydrogen) atoms. The quantitative estimate of drug-likeness (QED) is 0.842. The van der Waals surface area contributed by atoms with E-state index in [2.05, 4.69) is 23.9 Å². The van der Waals surface area contributed by atoms with E-state index < -0.39 is 0 Å². The van der Waals surface area contributed by atoms with Gasteiger partial charge < -0.3 is 9.88 Å². The Morgan fingerprint density at radius 3 is 2.88 bits per heavy atom. The summed E-state index contributed by atoms with van der Waals surface area (Å²) < 4.78 is 2.14. The van der Waals surface area contributed by atoms with Gasteiger partial charge in [-0.15, -0.1) is 0 Å². The number of aromatic nitrogens is 2. The topological polar surface area (TPSA) is 29.9 Å². The van der Waals surface area contributed by atoms with Crippen LogP contribution in [0.15, 0.2) is 18.2 Å². The summed E-state index contributed by atoms with van der Waals surface area (Å²) in [5.41, 5.74) is 2.04. The van der Waals surface area contributed by atoms with E-state index in [0.717, 1.165) is 35.0 Å². The molecule has 1 aliphatic rings. The van der Waals surface area contributed by atoms with Crippen LogP contribution >= 0.6 is 11.6 Å². The third-order valence-corrected chi connectivity index (χ3v) is 4.03. The van der Waals surface area contributed by atoms with Crippen molar-refractivity contribution in [2.45, 2.75) is 12.8 Å². The molecule has 1 aromatic heterocycles. The van der Waals surface area contributed by atoms with Gasteiger partial charge in [-0.25, -0.2) is 4.98 Å². The summed E-state index contributed by atoms with van der Waals surface area (Å²) in [6.07, 6.45) is 0. The number of rotatable bonds is 1. The van der Waals surface area contributed by atoms with E-state index in [1.54, 1.807) is 0 Å². The van der Waals surface area contributed by atoms with Crippen LogP contribution < -0.4 is 5.32 Å². The molecule has 0 bridgehead atoms. The lowest BCUT2D eigenvalue weighted by molar-refractivity contribution is 0.533. The highest BCUT2D eigenvalue weighted by molar-refractivity contribution is 6.35. The number of hydrogen-bond donors (Lipinski definition) is 1. The van der Waals surface area contributed by atoms with Crippen molar-refractivity contribution in [3.63, 3.8) is 0 Å². The van der Waals surface area contributed by atoms with Gasteiger partial charge in [0, 0.05) is 19.5 Å². The Kier molecular flexibility index (Phi) is 2.60. The maximum absolute atomic E-state index is 6.24. The van der Waals surface area contributed by atoms with Gasteiger partial charge in [-0.1, -0.05) is 24.6 Å². The summed E-state index contributed by atoms with van der Waals surface area (Å²) in [6.45, 7) is 4.35. The van der Waals surface area contributed by atoms with Crippen molar-refractivity contribution in [2.75, 3.05) is 13.1 Å². The molecule has 2 heterocycles. The van der Waals surface area contributed by atoms with Gasteiger partial charge in [0.25, 0.3) is 0 Å². The monoisotopic (exact) mass is 249 g/mol. The number of para-hydroxylation sites is 1. The minimum Gasteiger partial charge on any atom is -0.330 e. The Balaban J connectivity index is 2.18. The van der Waals surface area contributed by atoms with E-state index in [1.165, 1.54) is 0 Å². The zero-order chi connectivity index (χ0) is 12.0. The van der Waals surface area contributed by atoms with Crippen molar-refractivity contribution in [2.24, 2.45) is 13.0 Å². The Hall–Kier alpha value is -1.06. The first-order chi connectivity index (χ1) is 8.18. The second-order valence-electron chi connectivity index (χ2n) is 4.88. The highest BCUT2D eigenvalue weighted by Crippen LogP contribution is 2.31. The normalized spacial score (nSPS) is 24.6. The molecule has 1 saturated heterocycles. The molecule has 3 rings (SSSR count). The third-order valence-electron chi connectivity index (χ3n) is 3.73. The van der Waals surface area contributed by atoms with Crippen LogP contribution in [-0.4, -0.2) is 22.6 Å². The van der Waals surface area contributed by atoms with Crippen molar-refractivity contribution >= 4 is 22.6 Å². The predicted octanol–water partition coefficient (Wildman–Crippen LogP) is 2.55. The maximum atomic E-state index is 6.24. The maximum Gasteiger partial charge on any atom is 0.114 e. The molecule has 1 N–H and O–H groups in total. The van der Waals surface area contributed by atoms with Crippen LogP contribution in [0.5, 0.6) is 0 Å². The first-order valence-corrected chi connectivity index (χ1v) is 6.38. The van der Waals surface area contributed by atoms with Crippen LogP contribution in [0.2, 0.25) is 5.02 Å². The SMILES string of the molecule is C[C@@H]1CNC[C@H]1c1nc2cccc(Cl)c2n1C. The summed E-state index contributed by atoms with van der Waals surface area (Å²) in [4.78, 5) is 4.74. The van der Waals surface area contributed by atoms with E-state index >= 15 is 0 Å². The molecule has 0 amide bonds. The molecule has 90 valence electrons. The Morgan fingerprint density at radius 1 is 1.41 bits per heavy atom. The molecule has 0 aliphatic carbocycles. The lowest BCUT2D eigenvalue weighted by Crippen LogP contribution is -2.13. The molecule has 1 fully saturated rings. The molecule has 0 unspecified atom stereocenters. The fourth-order valence-electron chi connectivity index (χ4n) is 2.73. The average Bonchev–Trinajstić information content (AvgIpc) is 2.84. The van der Waals surface area contributed by atoms with Crippen LogP contribution in [0.25, 0.3) is 11.0 Å². The summed E-state index contributed by atoms with van der Waals surface area (Å²) in [5, 5.41) is 4.20. The van der Waals surface area contributed by atoms with Gasteiger partial charge in [-0.05, 0) is 24.6 Å². The molecule has 2 aromatic rings. The largest absolute Gasteiger partial charge is 0.330 e. The Bertz CT molecular complexity index is 561. The number of fused-ring (bicyclic) bond motifs is 1. The molecule has 0 saturated carbocycles. The van der Waals surface area contributed by atoms with E-state index in [0.29, 0.717) is 11.8 Å². The van der Waals surface area contributed by atoms with Crippen molar-refractivity contribution in [3.8, 4) is 0 Å². The van der Waals surface area contributed by atoms with Gasteiger partial charge in [0.2, 0.25) is 0 Å². The molecule has 0 radical (unpaired) electrons. The van der Waals surface area contributed by atoms with Gasteiger partial charge in [0.15, 0.2) is 0 Å². The van der Waals surface area contributed by atoms with Crippen molar-refractivity contribution in [3.05, 3.63) is 29.0 Å². The number of benzene rings is 1. The van der Waals surface area contributed by atoms with Crippen LogP contribution in [0.1, 0.15) is 18.7 Å². The number of imidazole rings is 1. The summed E-state index contributed by atoms with van der Waals surface area (Å²) in [6, 6.07) is 5.90. The first-order valence-electron chi connectivity index (χ1n) is 6.00. The van der Waals surface area contributed by atoms with E-state index in [9.17, 15) is 0 Å². The van der Waals surface area contributed by atoms with Crippen molar-refractivity contribution < 1.29 is 0 Å². The van der Waals surface area contributed by atoms with Crippen LogP contribution in [-0.2, 0) is 7.05 Å². The minimum atomic E-state index is 0.489. The third kappa shape index (κ3) is 1.65. The summed E-state index contributed by atoms with van der Waals surface area (Å²) in [7, 11) is 2.06. The highest BCUT2D eigenvalue weighted by atomic mass is 35.5. The zero-order valence-electron chi connectivity index (χ0n) is 10.1. The number of aryl methyl sites for hydroxylation is 1. The van der Waals surface area contributed by atoms with E-state index in [-0.39, 0.29) is 0 Å². The van der Waals surface area contributed by atoms with Gasteiger partial charge >= 0.3 is 0 Å². The molecule has 1 aromatic carbocycles. The summed E-state index contributed by atoms with van der Waals surface area (Å²) >= 11 is 6.24. The minimum absolute atomic E-state index is 0.489. The number of halogens is 1. The zero-order valence-corrected chi connectivity index (χ0v) is 10.8. The molecular formula is C13H16ClN3. The van der Waals surface area contributed by atoms with Gasteiger partial charge in [-0.3, -0.25) is 0 Å². The van der Waals surface area contributed by atoms with Crippen LogP contribution in [0, 0.1) is 5.92 Å². The summed E-state index contributed by atoms with van der Waals surface area (Å²) in [5.74, 6) is 2.26. The smallest absolute Gasteiger partial charge is 0.114 e. The molecule has 0 spiro atoms. The molecule has 1 aliphatic heterocycles. The standard InChI is InChI=1S/C13H16ClN3/c1-8-6-15-7-9(8)13-16-11-5-3-4-10(14)12(11)17(13)2/h3-5,8-9,15H,6-7H2,1-2H3/t8-,9-/m1/s1. The van der Waals surface area contributed by atoms with Gasteiger partial charge in [0.05, 0.1) is 16.1 Å². The van der Waals surface area contributed by atoms with Gasteiger partial charge in [0.1, 0.15) is 5.82 Å². The first kappa shape index (κ1) is 11.1. The molecule has 3 nitrogen and oxygen atoms in total. The lowest BCUT2D eigenvalue weighted by atomic mass is 9.97. The predicted molar refractivity (Wildman–Crippen MR) is 70.5 cm³/mol. The van der Waals surface area contributed by atoms with E-state index in [4.69, 9.17) is 16.6 Å². The van der Waals surface area contributed by atoms with Crippen molar-refractivity contribution in [1.82, 2.24) is 14.9 Å². The Morgan fingerprint density at radius 2 is 2.24 bits per heavy atom. The molecule has 4 heteroatoms. The number of hydrogen-bond acceptors (Lipinski definition) is 2. The molecule has 2 atom stereocenters. The van der Waals surface area contributed by atoms with E-state index in [1.807, 2.05) is 18.2 Å². The van der Waals surface area contributed by atoms with Crippen molar-refractivity contribution in [1.29, 1.82) is 0 Å². The highest BCUT2D eigenvalue weighted by Gasteiger charge is 2.28. The molecular weight excluding hydrogens is 234 g/mol. The lowest BCUT2D eigenvalue weighted by Gasteiger charge is -2.13. The number of nitrogens with zero attached hydrogens (tertiary/aromatic N) is 2. The number of nitrogens with one attached hydrogen (secondary N) is 1.